The minimum atomic E-state index is -1.36. The fraction of sp³-hybridized carbons (Fsp3) is 0.407. The van der Waals surface area contributed by atoms with Crippen LogP contribution in [0.5, 0.6) is 0 Å². The smallest absolute Gasteiger partial charge is 0.408 e. The van der Waals surface area contributed by atoms with Crippen molar-refractivity contribution in [2.45, 2.75) is 62.9 Å². The standard InChI is InChI=1S/C27H32N2O10/c30-22(12-11-19(26(34)35)29-27(36)38-16-18-9-5-2-6-10-18)28-14-21-25(33)24(32)20(39-21)13-23(31)37-15-17-7-3-1-4-8-17/h1-10,19-21,24-25,32-33H,11-16H2,(H,28,30)(H,29,36)(H,34,35)/t19-,20-,21+,24-,25+/m0/s1. The number of carbonyl (C=O) groups is 4. The van der Waals surface area contributed by atoms with Gasteiger partial charge in [0.05, 0.1) is 12.5 Å². The molecule has 12 heteroatoms. The Labute approximate surface area is 224 Å². The van der Waals surface area contributed by atoms with E-state index in [1.54, 1.807) is 42.5 Å². The van der Waals surface area contributed by atoms with Crippen LogP contribution in [0.15, 0.2) is 60.7 Å². The highest BCUT2D eigenvalue weighted by molar-refractivity contribution is 5.81. The highest BCUT2D eigenvalue weighted by Crippen LogP contribution is 2.24. The van der Waals surface area contributed by atoms with Crippen molar-refractivity contribution in [3.63, 3.8) is 0 Å². The molecule has 1 saturated heterocycles. The Kier molecular flexibility index (Phi) is 11.2. The molecule has 3 rings (SSSR count). The molecule has 1 aliphatic heterocycles. The van der Waals surface area contributed by atoms with Gasteiger partial charge in [-0.05, 0) is 17.5 Å². The van der Waals surface area contributed by atoms with Gasteiger partial charge in [-0.15, -0.1) is 0 Å². The lowest BCUT2D eigenvalue weighted by molar-refractivity contribution is -0.149. The van der Waals surface area contributed by atoms with Gasteiger partial charge < -0.3 is 40.2 Å². The number of ether oxygens (including phenoxy) is 3. The Hall–Kier alpha value is -4.00. The summed E-state index contributed by atoms with van der Waals surface area (Å²) in [7, 11) is 0. The van der Waals surface area contributed by atoms with E-state index < -0.39 is 54.4 Å². The summed E-state index contributed by atoms with van der Waals surface area (Å²) in [6.45, 7) is -0.167. The normalized spacial score (nSPS) is 21.0. The number of alkyl carbamates (subject to hydrolysis) is 1. The van der Waals surface area contributed by atoms with Crippen LogP contribution in [-0.4, -0.2) is 76.3 Å². The van der Waals surface area contributed by atoms with Crippen LogP contribution < -0.4 is 10.6 Å². The van der Waals surface area contributed by atoms with Crippen LogP contribution in [0.1, 0.15) is 30.4 Å². The van der Waals surface area contributed by atoms with E-state index in [1.165, 1.54) is 0 Å². The van der Waals surface area contributed by atoms with E-state index in [1.807, 2.05) is 18.2 Å². The number of aliphatic hydroxyl groups excluding tert-OH is 2. The van der Waals surface area contributed by atoms with Crippen LogP contribution in [0, 0.1) is 0 Å². The number of rotatable bonds is 13. The van der Waals surface area contributed by atoms with Crippen molar-refractivity contribution < 1.29 is 48.7 Å². The molecule has 0 radical (unpaired) electrons. The van der Waals surface area contributed by atoms with Crippen molar-refractivity contribution in [3.05, 3.63) is 71.8 Å². The summed E-state index contributed by atoms with van der Waals surface area (Å²) in [5.41, 5.74) is 1.52. The van der Waals surface area contributed by atoms with Crippen molar-refractivity contribution in [3.8, 4) is 0 Å². The lowest BCUT2D eigenvalue weighted by Gasteiger charge is -2.17. The summed E-state index contributed by atoms with van der Waals surface area (Å²) < 4.78 is 15.7. The lowest BCUT2D eigenvalue weighted by atomic mass is 10.1. The number of esters is 1. The molecule has 0 aromatic heterocycles. The van der Waals surface area contributed by atoms with Crippen molar-refractivity contribution in [2.24, 2.45) is 0 Å². The number of aliphatic carboxylic acids is 1. The first-order valence-electron chi connectivity index (χ1n) is 12.4. The van der Waals surface area contributed by atoms with Crippen LogP contribution in [0.25, 0.3) is 0 Å². The zero-order valence-electron chi connectivity index (χ0n) is 21.1. The molecule has 0 unspecified atom stereocenters. The Balaban J connectivity index is 1.37. The van der Waals surface area contributed by atoms with Crippen LogP contribution in [-0.2, 0) is 41.8 Å². The summed E-state index contributed by atoms with van der Waals surface area (Å²) in [5.74, 6) is -2.51. The highest BCUT2D eigenvalue weighted by atomic mass is 16.6. The number of carboxylic acids is 1. The molecule has 5 atom stereocenters. The van der Waals surface area contributed by atoms with E-state index in [0.717, 1.165) is 11.1 Å². The van der Waals surface area contributed by atoms with E-state index in [2.05, 4.69) is 10.6 Å². The molecule has 0 saturated carbocycles. The number of aliphatic hydroxyl groups is 2. The number of hydrogen-bond donors (Lipinski definition) is 5. The largest absolute Gasteiger partial charge is 0.480 e. The fourth-order valence-electron chi connectivity index (χ4n) is 3.87. The van der Waals surface area contributed by atoms with E-state index >= 15 is 0 Å². The van der Waals surface area contributed by atoms with Crippen molar-refractivity contribution >= 4 is 23.9 Å². The molecule has 1 heterocycles. The molecule has 1 fully saturated rings. The molecule has 12 nitrogen and oxygen atoms in total. The molecule has 0 spiro atoms. The van der Waals surface area contributed by atoms with Gasteiger partial charge in [-0.3, -0.25) is 9.59 Å². The maximum Gasteiger partial charge on any atom is 0.408 e. The van der Waals surface area contributed by atoms with Gasteiger partial charge in [0.1, 0.15) is 37.6 Å². The predicted molar refractivity (Wildman–Crippen MR) is 135 cm³/mol. The summed E-state index contributed by atoms with van der Waals surface area (Å²) in [6, 6.07) is 16.5. The first kappa shape index (κ1) is 29.6. The molecular weight excluding hydrogens is 512 g/mol. The molecule has 0 aliphatic carbocycles. The summed E-state index contributed by atoms with van der Waals surface area (Å²) in [5, 5.41) is 34.6. The van der Waals surface area contributed by atoms with Crippen LogP contribution in [0.3, 0.4) is 0 Å². The topological polar surface area (TPSA) is 181 Å². The molecule has 39 heavy (non-hydrogen) atoms. The Morgan fingerprint density at radius 2 is 1.41 bits per heavy atom. The second kappa shape index (κ2) is 14.8. The third kappa shape index (κ3) is 9.67. The van der Waals surface area contributed by atoms with E-state index in [-0.39, 0.29) is 39.0 Å². The van der Waals surface area contributed by atoms with E-state index in [4.69, 9.17) is 14.2 Å². The zero-order chi connectivity index (χ0) is 28.2. The Bertz CT molecular complexity index is 1100. The van der Waals surface area contributed by atoms with Crippen molar-refractivity contribution in [2.75, 3.05) is 6.54 Å². The monoisotopic (exact) mass is 544 g/mol. The highest BCUT2D eigenvalue weighted by Gasteiger charge is 2.43. The minimum absolute atomic E-state index is 0.0409. The number of carbonyl (C=O) groups excluding carboxylic acids is 3. The van der Waals surface area contributed by atoms with Crippen LogP contribution >= 0.6 is 0 Å². The molecule has 5 N–H and O–H groups in total. The maximum atomic E-state index is 12.3. The summed E-state index contributed by atoms with van der Waals surface area (Å²) >= 11 is 0. The molecular formula is C27H32N2O10. The van der Waals surface area contributed by atoms with Gasteiger partial charge >= 0.3 is 18.0 Å². The molecule has 2 aromatic rings. The SMILES string of the molecule is O=C(CC[C@H](NC(=O)OCc1ccccc1)C(=O)O)NC[C@H]1O[C@@H](CC(=O)OCc2ccccc2)[C@H](O)[C@@H]1O. The quantitative estimate of drug-likeness (QED) is 0.227. The summed E-state index contributed by atoms with van der Waals surface area (Å²) in [6.07, 6.45) is -6.42. The molecule has 0 bridgehead atoms. The predicted octanol–water partition coefficient (Wildman–Crippen LogP) is 0.885. The average Bonchev–Trinajstić information content (AvgIpc) is 3.20. The minimum Gasteiger partial charge on any atom is -0.480 e. The van der Waals surface area contributed by atoms with Gasteiger partial charge in [0.15, 0.2) is 0 Å². The van der Waals surface area contributed by atoms with E-state index in [0.29, 0.717) is 0 Å². The molecule has 2 aromatic carbocycles. The summed E-state index contributed by atoms with van der Waals surface area (Å²) in [4.78, 5) is 47.9. The third-order valence-corrected chi connectivity index (χ3v) is 6.04. The van der Waals surface area contributed by atoms with Gasteiger partial charge in [0, 0.05) is 13.0 Å². The van der Waals surface area contributed by atoms with Gasteiger partial charge in [0.2, 0.25) is 5.91 Å². The number of amides is 2. The van der Waals surface area contributed by atoms with Crippen molar-refractivity contribution in [1.29, 1.82) is 0 Å². The zero-order valence-corrected chi connectivity index (χ0v) is 21.1. The first-order chi connectivity index (χ1) is 18.7. The first-order valence-corrected chi connectivity index (χ1v) is 12.4. The average molecular weight is 545 g/mol. The van der Waals surface area contributed by atoms with Gasteiger partial charge in [-0.1, -0.05) is 60.7 Å². The Morgan fingerprint density at radius 1 is 0.846 bits per heavy atom. The second-order valence-corrected chi connectivity index (χ2v) is 8.98. The van der Waals surface area contributed by atoms with Crippen LogP contribution in [0.4, 0.5) is 4.79 Å². The second-order valence-electron chi connectivity index (χ2n) is 8.98. The van der Waals surface area contributed by atoms with E-state index in [9.17, 15) is 34.5 Å². The van der Waals surface area contributed by atoms with Gasteiger partial charge in [-0.2, -0.15) is 0 Å². The maximum absolute atomic E-state index is 12.3. The van der Waals surface area contributed by atoms with Gasteiger partial charge in [-0.25, -0.2) is 9.59 Å². The molecule has 210 valence electrons. The van der Waals surface area contributed by atoms with Crippen molar-refractivity contribution in [1.82, 2.24) is 10.6 Å². The lowest BCUT2D eigenvalue weighted by Crippen LogP contribution is -2.43. The molecule has 2 amide bonds. The number of benzene rings is 2. The van der Waals surface area contributed by atoms with Crippen LogP contribution in [0.2, 0.25) is 0 Å². The molecule has 1 aliphatic rings. The fourth-order valence-corrected chi connectivity index (χ4v) is 3.87. The third-order valence-electron chi connectivity index (χ3n) is 6.04. The number of hydrogen-bond acceptors (Lipinski definition) is 9. The number of carboxylic acid groups (broad SMARTS) is 1. The Morgan fingerprint density at radius 3 is 2.00 bits per heavy atom. The van der Waals surface area contributed by atoms with Gasteiger partial charge in [0.25, 0.3) is 0 Å². The number of nitrogens with one attached hydrogen (secondary N) is 2.